The molecule has 0 aliphatic carbocycles. The number of hydrogen-bond acceptors (Lipinski definition) is 2. The largest absolute Gasteiger partial charge is 0.348 e. The molecule has 3 rings (SSSR count). The lowest BCUT2D eigenvalue weighted by atomic mass is 10.1. The molecule has 1 aromatic carbocycles. The van der Waals surface area contributed by atoms with Gasteiger partial charge in [-0.2, -0.15) is 0 Å². The van der Waals surface area contributed by atoms with Gasteiger partial charge in [0.15, 0.2) is 0 Å². The first kappa shape index (κ1) is 16.5. The molecule has 0 spiro atoms. The van der Waals surface area contributed by atoms with Gasteiger partial charge in [0.25, 0.3) is 5.91 Å². The summed E-state index contributed by atoms with van der Waals surface area (Å²) in [5.41, 5.74) is 3.17. The number of rotatable bonds is 5. The van der Waals surface area contributed by atoms with E-state index < -0.39 is 0 Å². The Morgan fingerprint density at radius 1 is 1.29 bits per heavy atom. The second kappa shape index (κ2) is 7.05. The van der Waals surface area contributed by atoms with Crippen LogP contribution in [0, 0.1) is 0 Å². The minimum absolute atomic E-state index is 0.111. The Bertz CT molecular complexity index is 717. The van der Waals surface area contributed by atoms with Crippen molar-refractivity contribution >= 4 is 5.91 Å². The van der Waals surface area contributed by atoms with Crippen molar-refractivity contribution in [2.75, 3.05) is 20.1 Å². The third kappa shape index (κ3) is 3.29. The topological polar surface area (TPSA) is 28.5 Å². The van der Waals surface area contributed by atoms with Gasteiger partial charge < -0.3 is 9.47 Å². The first-order chi connectivity index (χ1) is 11.6. The molecule has 0 saturated carbocycles. The van der Waals surface area contributed by atoms with Crippen LogP contribution in [0.25, 0.3) is 0 Å². The number of aromatic nitrogens is 1. The van der Waals surface area contributed by atoms with Crippen LogP contribution in [0.3, 0.4) is 0 Å². The average molecular weight is 323 g/mol. The molecular formula is C20H25N3O. The maximum absolute atomic E-state index is 12.9. The van der Waals surface area contributed by atoms with E-state index in [2.05, 4.69) is 42.3 Å². The molecule has 0 bridgehead atoms. The van der Waals surface area contributed by atoms with Gasteiger partial charge in [-0.3, -0.25) is 9.69 Å². The second-order valence-electron chi connectivity index (χ2n) is 6.48. The van der Waals surface area contributed by atoms with Gasteiger partial charge in [-0.15, -0.1) is 6.58 Å². The number of amides is 1. The molecule has 4 heteroatoms. The van der Waals surface area contributed by atoms with Crippen molar-refractivity contribution in [3.63, 3.8) is 0 Å². The molecule has 2 heterocycles. The van der Waals surface area contributed by atoms with E-state index in [-0.39, 0.29) is 11.9 Å². The lowest BCUT2D eigenvalue weighted by Gasteiger charge is -2.35. The maximum atomic E-state index is 12.9. The van der Waals surface area contributed by atoms with Gasteiger partial charge in [-0.25, -0.2) is 0 Å². The zero-order valence-corrected chi connectivity index (χ0v) is 14.5. The summed E-state index contributed by atoms with van der Waals surface area (Å²) >= 11 is 0. The molecular weight excluding hydrogens is 298 g/mol. The number of likely N-dealkylation sites (N-methyl/N-ethyl adjacent to an activating group) is 1. The Labute approximate surface area is 144 Å². The first-order valence-corrected chi connectivity index (χ1v) is 8.44. The van der Waals surface area contributed by atoms with Crippen LogP contribution in [0.4, 0.5) is 0 Å². The van der Waals surface area contributed by atoms with Gasteiger partial charge in [-0.1, -0.05) is 18.2 Å². The van der Waals surface area contributed by atoms with Gasteiger partial charge in [0.2, 0.25) is 0 Å². The number of carbonyl (C=O) groups is 1. The summed E-state index contributed by atoms with van der Waals surface area (Å²) in [5, 5.41) is 0. The number of fused-ring (bicyclic) bond motifs is 1. The van der Waals surface area contributed by atoms with Crippen molar-refractivity contribution in [3.05, 3.63) is 72.1 Å². The van der Waals surface area contributed by atoms with Crippen molar-refractivity contribution in [1.29, 1.82) is 0 Å². The van der Waals surface area contributed by atoms with Crippen LogP contribution in [-0.4, -0.2) is 40.4 Å². The molecule has 4 nitrogen and oxygen atoms in total. The molecule has 0 fully saturated rings. The van der Waals surface area contributed by atoms with Crippen LogP contribution in [0.2, 0.25) is 0 Å². The molecule has 0 N–H and O–H groups in total. The monoisotopic (exact) mass is 323 g/mol. The zero-order chi connectivity index (χ0) is 17.1. The van der Waals surface area contributed by atoms with Crippen LogP contribution < -0.4 is 0 Å². The van der Waals surface area contributed by atoms with Crippen LogP contribution in [0.1, 0.15) is 34.6 Å². The average Bonchev–Trinajstić information content (AvgIpc) is 3.05. The number of carbonyl (C=O) groups excluding carboxylic acids is 1. The third-order valence-electron chi connectivity index (χ3n) is 4.70. The van der Waals surface area contributed by atoms with Crippen molar-refractivity contribution in [2.24, 2.45) is 0 Å². The fourth-order valence-electron chi connectivity index (χ4n) is 3.37. The minimum atomic E-state index is 0.111. The van der Waals surface area contributed by atoms with E-state index in [1.807, 2.05) is 41.3 Å². The number of hydrogen-bond donors (Lipinski definition) is 0. The molecule has 2 aromatic rings. The second-order valence-corrected chi connectivity index (χ2v) is 6.48. The highest BCUT2D eigenvalue weighted by molar-refractivity contribution is 5.94. The molecule has 1 atom stereocenters. The van der Waals surface area contributed by atoms with E-state index in [9.17, 15) is 4.79 Å². The van der Waals surface area contributed by atoms with Gasteiger partial charge in [-0.05, 0) is 43.8 Å². The summed E-state index contributed by atoms with van der Waals surface area (Å²) in [5.74, 6) is 0.112. The summed E-state index contributed by atoms with van der Waals surface area (Å²) in [6.07, 6.45) is 3.98. The van der Waals surface area contributed by atoms with E-state index in [4.69, 9.17) is 0 Å². The summed E-state index contributed by atoms with van der Waals surface area (Å²) in [4.78, 5) is 17.0. The van der Waals surface area contributed by atoms with Crippen LogP contribution in [0.15, 0.2) is 55.3 Å². The van der Waals surface area contributed by atoms with Crippen molar-refractivity contribution in [1.82, 2.24) is 14.4 Å². The molecule has 0 radical (unpaired) electrons. The molecule has 1 aromatic heterocycles. The van der Waals surface area contributed by atoms with E-state index in [0.717, 1.165) is 31.7 Å². The van der Waals surface area contributed by atoms with Gasteiger partial charge in [0.1, 0.15) is 0 Å². The Kier molecular flexibility index (Phi) is 4.86. The highest BCUT2D eigenvalue weighted by Gasteiger charge is 2.27. The molecule has 1 unspecified atom stereocenters. The molecule has 1 aliphatic rings. The number of nitrogens with zero attached hydrogens (tertiary/aromatic N) is 3. The molecule has 24 heavy (non-hydrogen) atoms. The van der Waals surface area contributed by atoms with E-state index in [0.29, 0.717) is 0 Å². The molecule has 1 aliphatic heterocycles. The minimum Gasteiger partial charge on any atom is -0.348 e. The highest BCUT2D eigenvalue weighted by atomic mass is 16.2. The summed E-state index contributed by atoms with van der Waals surface area (Å²) in [6.45, 7) is 9.18. The maximum Gasteiger partial charge on any atom is 0.254 e. The zero-order valence-electron chi connectivity index (χ0n) is 14.5. The number of benzene rings is 1. The van der Waals surface area contributed by atoms with Crippen LogP contribution in [0.5, 0.6) is 0 Å². The smallest absolute Gasteiger partial charge is 0.254 e. The van der Waals surface area contributed by atoms with Crippen molar-refractivity contribution < 1.29 is 4.79 Å². The molecule has 126 valence electrons. The van der Waals surface area contributed by atoms with Crippen molar-refractivity contribution in [2.45, 2.75) is 26.1 Å². The highest BCUT2D eigenvalue weighted by Crippen LogP contribution is 2.26. The van der Waals surface area contributed by atoms with Crippen LogP contribution >= 0.6 is 0 Å². The van der Waals surface area contributed by atoms with E-state index in [1.54, 1.807) is 0 Å². The van der Waals surface area contributed by atoms with Crippen LogP contribution in [-0.2, 0) is 13.1 Å². The third-order valence-corrected chi connectivity index (χ3v) is 4.70. The van der Waals surface area contributed by atoms with Gasteiger partial charge in [0.05, 0.1) is 6.04 Å². The fourth-order valence-corrected chi connectivity index (χ4v) is 3.37. The first-order valence-electron chi connectivity index (χ1n) is 8.44. The van der Waals surface area contributed by atoms with Gasteiger partial charge in [0, 0.05) is 43.6 Å². The summed E-state index contributed by atoms with van der Waals surface area (Å²) in [6, 6.07) is 12.2. The normalized spacial score (nSPS) is 17.0. The summed E-state index contributed by atoms with van der Waals surface area (Å²) in [7, 11) is 2.06. The Hall–Kier alpha value is -2.33. The summed E-state index contributed by atoms with van der Waals surface area (Å²) < 4.78 is 2.23. The predicted octanol–water partition coefficient (Wildman–Crippen LogP) is 3.32. The Morgan fingerprint density at radius 2 is 2.04 bits per heavy atom. The van der Waals surface area contributed by atoms with E-state index >= 15 is 0 Å². The lowest BCUT2D eigenvalue weighted by Crippen LogP contribution is -2.40. The standard InChI is InChI=1S/C20H25N3O/c1-4-11-21(3)15-17-7-9-18(10-8-17)20(24)23-14-13-22-12-5-6-19(22)16(23)2/h4-10,12,16H,1,11,13-15H2,2-3H3. The Balaban J connectivity index is 1.70. The molecule has 0 saturated heterocycles. The SMILES string of the molecule is C=CCN(C)Cc1ccc(C(=O)N2CCn3cccc3C2C)cc1. The predicted molar refractivity (Wildman–Crippen MR) is 96.9 cm³/mol. The van der Waals surface area contributed by atoms with Gasteiger partial charge >= 0.3 is 0 Å². The van der Waals surface area contributed by atoms with Crippen molar-refractivity contribution in [3.8, 4) is 0 Å². The lowest BCUT2D eigenvalue weighted by molar-refractivity contribution is 0.0644. The Morgan fingerprint density at radius 3 is 2.75 bits per heavy atom. The van der Waals surface area contributed by atoms with E-state index in [1.165, 1.54) is 11.3 Å². The fraction of sp³-hybridized carbons (Fsp3) is 0.350. The molecule has 1 amide bonds. The quantitative estimate of drug-likeness (QED) is 0.790.